The molecule has 3 aromatic rings. The van der Waals surface area contributed by atoms with Crippen molar-refractivity contribution in [1.82, 2.24) is 0 Å². The smallest absolute Gasteiger partial charge is 0.302 e. The van der Waals surface area contributed by atoms with Crippen LogP contribution >= 0.6 is 0 Å². The van der Waals surface area contributed by atoms with Gasteiger partial charge in [0.25, 0.3) is 0 Å². The van der Waals surface area contributed by atoms with Crippen molar-refractivity contribution in [3.05, 3.63) is 113 Å². The Kier molecular flexibility index (Phi) is 9.80. The van der Waals surface area contributed by atoms with Crippen LogP contribution in [0, 0.1) is 0 Å². The van der Waals surface area contributed by atoms with Gasteiger partial charge in [0.1, 0.15) is 0 Å². The molecule has 0 bridgehead atoms. The Bertz CT molecular complexity index is 1070. The lowest BCUT2D eigenvalue weighted by Gasteiger charge is -2.12. The molecule has 1 atom stereocenters. The molecule has 0 spiro atoms. The lowest BCUT2D eigenvalue weighted by Crippen LogP contribution is -2.01. The minimum atomic E-state index is -0.479. The Hall–Kier alpha value is -3.50. The van der Waals surface area contributed by atoms with E-state index in [0.29, 0.717) is 18.6 Å². The molecule has 0 heterocycles. The maximum absolute atomic E-state index is 12.2. The van der Waals surface area contributed by atoms with E-state index in [-0.39, 0.29) is 11.8 Å². The molecular weight excluding hydrogens is 424 g/mol. The molecule has 1 unspecified atom stereocenters. The van der Waals surface area contributed by atoms with Gasteiger partial charge in [0, 0.05) is 12.5 Å². The highest BCUT2D eigenvalue weighted by atomic mass is 16.5. The van der Waals surface area contributed by atoms with E-state index in [0.717, 1.165) is 36.8 Å². The van der Waals surface area contributed by atoms with Gasteiger partial charge in [-0.15, -0.1) is 0 Å². The predicted molar refractivity (Wildman–Crippen MR) is 136 cm³/mol. The van der Waals surface area contributed by atoms with E-state index < -0.39 is 6.10 Å². The SMILES string of the molecule is CC(=O)OCCCCCC(O)c1ccc(Cc2ccc(/C=C/C(=O)c3ccccc3)cc2)cc1. The lowest BCUT2D eigenvalue weighted by atomic mass is 9.98. The number of carbonyl (C=O) groups excluding carboxylic acids is 2. The van der Waals surface area contributed by atoms with Crippen molar-refractivity contribution in [2.24, 2.45) is 0 Å². The standard InChI is InChI=1S/C30H32O4/c1-23(31)34-21-7-3-6-10-29(32)28-18-15-26(16-19-28)22-25-13-11-24(12-14-25)17-20-30(33)27-8-4-2-5-9-27/h2,4-5,8-9,11-20,29,32H,3,6-7,10,21-22H2,1H3/b20-17+. The highest BCUT2D eigenvalue weighted by Crippen LogP contribution is 2.21. The normalized spacial score (nSPS) is 11.9. The summed E-state index contributed by atoms with van der Waals surface area (Å²) in [7, 11) is 0. The maximum atomic E-state index is 12.2. The Morgan fingerprint density at radius 1 is 0.853 bits per heavy atom. The predicted octanol–water partition coefficient (Wildman–Crippen LogP) is 6.33. The third-order valence-electron chi connectivity index (χ3n) is 5.67. The molecule has 1 N–H and O–H groups in total. The van der Waals surface area contributed by atoms with E-state index in [1.807, 2.05) is 60.7 Å². The van der Waals surface area contributed by atoms with Gasteiger partial charge in [-0.2, -0.15) is 0 Å². The number of hydrogen-bond acceptors (Lipinski definition) is 4. The number of allylic oxidation sites excluding steroid dienone is 1. The minimum Gasteiger partial charge on any atom is -0.466 e. The van der Waals surface area contributed by atoms with Gasteiger partial charge in [0.05, 0.1) is 12.7 Å². The maximum Gasteiger partial charge on any atom is 0.302 e. The summed E-state index contributed by atoms with van der Waals surface area (Å²) < 4.78 is 4.92. The summed E-state index contributed by atoms with van der Waals surface area (Å²) in [5.74, 6) is -0.253. The number of esters is 1. The van der Waals surface area contributed by atoms with Crippen LogP contribution in [0.2, 0.25) is 0 Å². The zero-order valence-corrected chi connectivity index (χ0v) is 19.7. The van der Waals surface area contributed by atoms with Gasteiger partial charge in [0.2, 0.25) is 0 Å². The molecule has 3 aromatic carbocycles. The van der Waals surface area contributed by atoms with Crippen molar-refractivity contribution in [2.75, 3.05) is 6.61 Å². The van der Waals surface area contributed by atoms with E-state index >= 15 is 0 Å². The fourth-order valence-electron chi connectivity index (χ4n) is 3.71. The quantitative estimate of drug-likeness (QED) is 0.150. The molecule has 0 aliphatic rings. The summed E-state index contributed by atoms with van der Waals surface area (Å²) in [4.78, 5) is 22.9. The number of ketones is 1. The molecule has 0 aliphatic heterocycles. The highest BCUT2D eigenvalue weighted by Gasteiger charge is 2.08. The number of aliphatic hydroxyl groups excluding tert-OH is 1. The molecule has 0 saturated carbocycles. The molecular formula is C30H32O4. The number of carbonyl (C=O) groups is 2. The first kappa shape index (κ1) is 25.1. The summed E-state index contributed by atoms with van der Waals surface area (Å²) in [6.07, 6.45) is 7.10. The van der Waals surface area contributed by atoms with E-state index in [1.54, 1.807) is 6.08 Å². The average Bonchev–Trinajstić information content (AvgIpc) is 2.86. The Balaban J connectivity index is 1.45. The second kappa shape index (κ2) is 13.3. The van der Waals surface area contributed by atoms with Crippen molar-refractivity contribution in [2.45, 2.75) is 45.1 Å². The first-order valence-electron chi connectivity index (χ1n) is 11.8. The van der Waals surface area contributed by atoms with Crippen molar-refractivity contribution in [3.63, 3.8) is 0 Å². The topological polar surface area (TPSA) is 63.6 Å². The van der Waals surface area contributed by atoms with Gasteiger partial charge in [-0.25, -0.2) is 0 Å². The van der Waals surface area contributed by atoms with Gasteiger partial charge in [-0.1, -0.05) is 91.4 Å². The molecule has 0 saturated heterocycles. The zero-order chi connectivity index (χ0) is 24.2. The molecule has 0 aromatic heterocycles. The van der Waals surface area contributed by atoms with Gasteiger partial charge in [-0.05, 0) is 54.0 Å². The van der Waals surface area contributed by atoms with Crippen molar-refractivity contribution in [1.29, 1.82) is 0 Å². The molecule has 4 heteroatoms. The second-order valence-corrected chi connectivity index (χ2v) is 8.43. The fraction of sp³-hybridized carbons (Fsp3) is 0.267. The Morgan fingerprint density at radius 3 is 2.15 bits per heavy atom. The molecule has 176 valence electrons. The average molecular weight is 457 g/mol. The van der Waals surface area contributed by atoms with E-state index in [4.69, 9.17) is 4.74 Å². The van der Waals surface area contributed by atoms with Crippen molar-refractivity contribution in [3.8, 4) is 0 Å². The van der Waals surface area contributed by atoms with Gasteiger partial charge in [0.15, 0.2) is 5.78 Å². The molecule has 34 heavy (non-hydrogen) atoms. The van der Waals surface area contributed by atoms with E-state index in [2.05, 4.69) is 24.3 Å². The van der Waals surface area contributed by atoms with Crippen LogP contribution < -0.4 is 0 Å². The summed E-state index contributed by atoms with van der Waals surface area (Å²) in [6, 6.07) is 25.5. The number of benzene rings is 3. The largest absolute Gasteiger partial charge is 0.466 e. The number of unbranched alkanes of at least 4 members (excludes halogenated alkanes) is 2. The third-order valence-corrected chi connectivity index (χ3v) is 5.67. The molecule has 0 radical (unpaired) electrons. The van der Waals surface area contributed by atoms with Crippen LogP contribution in [-0.2, 0) is 16.0 Å². The van der Waals surface area contributed by atoms with Crippen molar-refractivity contribution < 1.29 is 19.4 Å². The van der Waals surface area contributed by atoms with Crippen LogP contribution in [0.15, 0.2) is 84.9 Å². The summed E-state index contributed by atoms with van der Waals surface area (Å²) >= 11 is 0. The first-order valence-corrected chi connectivity index (χ1v) is 11.8. The summed E-state index contributed by atoms with van der Waals surface area (Å²) in [6.45, 7) is 1.86. The summed E-state index contributed by atoms with van der Waals surface area (Å²) in [5, 5.41) is 10.4. The number of rotatable bonds is 12. The lowest BCUT2D eigenvalue weighted by molar-refractivity contribution is -0.141. The molecule has 0 fully saturated rings. The van der Waals surface area contributed by atoms with Crippen LogP contribution in [0.1, 0.15) is 71.3 Å². The Labute approximate surface area is 201 Å². The van der Waals surface area contributed by atoms with Crippen LogP contribution in [-0.4, -0.2) is 23.5 Å². The highest BCUT2D eigenvalue weighted by molar-refractivity contribution is 6.06. The number of hydrogen-bond donors (Lipinski definition) is 1. The van der Waals surface area contributed by atoms with Gasteiger partial charge < -0.3 is 9.84 Å². The number of aliphatic hydroxyl groups is 1. The van der Waals surface area contributed by atoms with Crippen molar-refractivity contribution >= 4 is 17.8 Å². The molecule has 4 nitrogen and oxygen atoms in total. The van der Waals surface area contributed by atoms with Gasteiger partial charge >= 0.3 is 5.97 Å². The van der Waals surface area contributed by atoms with Gasteiger partial charge in [-0.3, -0.25) is 9.59 Å². The van der Waals surface area contributed by atoms with Crippen LogP contribution in [0.25, 0.3) is 6.08 Å². The monoisotopic (exact) mass is 456 g/mol. The number of ether oxygens (including phenoxy) is 1. The summed E-state index contributed by atoms with van der Waals surface area (Å²) in [5.41, 5.74) is 4.96. The first-order chi connectivity index (χ1) is 16.5. The van der Waals surface area contributed by atoms with Crippen LogP contribution in [0.4, 0.5) is 0 Å². The van der Waals surface area contributed by atoms with E-state index in [9.17, 15) is 14.7 Å². The third kappa shape index (κ3) is 8.45. The molecule has 0 aliphatic carbocycles. The molecule has 0 amide bonds. The molecule has 3 rings (SSSR count). The fourth-order valence-corrected chi connectivity index (χ4v) is 3.71. The zero-order valence-electron chi connectivity index (χ0n) is 19.7. The second-order valence-electron chi connectivity index (χ2n) is 8.43. The Morgan fingerprint density at radius 2 is 1.50 bits per heavy atom. The van der Waals surface area contributed by atoms with Crippen LogP contribution in [0.5, 0.6) is 0 Å². The van der Waals surface area contributed by atoms with Crippen LogP contribution in [0.3, 0.4) is 0 Å². The van der Waals surface area contributed by atoms with E-state index in [1.165, 1.54) is 18.1 Å². The minimum absolute atomic E-state index is 0.00560.